The number of carbonyl (C=O) groups excluding carboxylic acids is 1. The summed E-state index contributed by atoms with van der Waals surface area (Å²) in [7, 11) is 0. The Bertz CT molecular complexity index is 519. The summed E-state index contributed by atoms with van der Waals surface area (Å²) in [5, 5.41) is 13.2. The third kappa shape index (κ3) is 4.14. The maximum Gasteiger partial charge on any atom is 0.288 e. The Kier molecular flexibility index (Phi) is 4.86. The number of nitro groups is 1. The van der Waals surface area contributed by atoms with Crippen LogP contribution in [0.2, 0.25) is 5.15 Å². The number of nitrogens with one attached hydrogen (secondary N) is 1. The van der Waals surface area contributed by atoms with Crippen molar-refractivity contribution in [3.63, 3.8) is 0 Å². The first-order valence-corrected chi connectivity index (χ1v) is 6.61. The summed E-state index contributed by atoms with van der Waals surface area (Å²) in [4.78, 5) is 25.5. The fourth-order valence-corrected chi connectivity index (χ4v) is 1.75. The minimum Gasteiger partial charge on any atom is -0.379 e. The summed E-state index contributed by atoms with van der Waals surface area (Å²) >= 11 is 5.76. The molecule has 8 heteroatoms. The smallest absolute Gasteiger partial charge is 0.288 e. The van der Waals surface area contributed by atoms with Crippen LogP contribution in [0.5, 0.6) is 0 Å². The summed E-state index contributed by atoms with van der Waals surface area (Å²) in [5.41, 5.74) is -0.285. The largest absolute Gasteiger partial charge is 0.379 e. The topological polar surface area (TPSA) is 94.4 Å². The lowest BCUT2D eigenvalue weighted by atomic mass is 10.2. The van der Waals surface area contributed by atoms with Crippen molar-refractivity contribution in [1.29, 1.82) is 0 Å². The number of halogens is 1. The Hall–Kier alpha value is -1.73. The highest BCUT2D eigenvalue weighted by molar-refractivity contribution is 6.32. The molecule has 2 rings (SSSR count). The number of amides is 1. The molecular weight excluding hydrogens is 286 g/mol. The quantitative estimate of drug-likeness (QED) is 0.358. The molecule has 1 aliphatic rings. The van der Waals surface area contributed by atoms with Crippen LogP contribution in [0.4, 0.5) is 5.69 Å². The number of hydrogen-bond acceptors (Lipinski definition) is 5. The fraction of sp³-hybridized carbons (Fsp3) is 0.500. The fourth-order valence-electron chi connectivity index (χ4n) is 1.56. The van der Waals surface area contributed by atoms with E-state index < -0.39 is 10.8 Å². The Morgan fingerprint density at radius 2 is 2.35 bits per heavy atom. The van der Waals surface area contributed by atoms with Crippen molar-refractivity contribution < 1.29 is 14.5 Å². The molecule has 1 N–H and O–H groups in total. The van der Waals surface area contributed by atoms with Gasteiger partial charge in [0.2, 0.25) is 0 Å². The van der Waals surface area contributed by atoms with Gasteiger partial charge in [-0.05, 0) is 18.8 Å². The SMILES string of the molecule is O=C(NCCOCC1CC1)c1cc([N+](=O)[O-])cnc1Cl. The van der Waals surface area contributed by atoms with Crippen LogP contribution >= 0.6 is 11.6 Å². The molecule has 0 aliphatic heterocycles. The molecule has 0 radical (unpaired) electrons. The first-order chi connectivity index (χ1) is 9.58. The monoisotopic (exact) mass is 299 g/mol. The summed E-state index contributed by atoms with van der Waals surface area (Å²) in [6.45, 7) is 1.45. The lowest BCUT2D eigenvalue weighted by Gasteiger charge is -2.06. The van der Waals surface area contributed by atoms with Crippen molar-refractivity contribution in [3.8, 4) is 0 Å². The van der Waals surface area contributed by atoms with Crippen LogP contribution in [0.3, 0.4) is 0 Å². The van der Waals surface area contributed by atoms with Crippen molar-refractivity contribution in [2.75, 3.05) is 19.8 Å². The van der Waals surface area contributed by atoms with Gasteiger partial charge in [0.05, 0.1) is 17.1 Å². The van der Waals surface area contributed by atoms with E-state index in [1.54, 1.807) is 0 Å². The van der Waals surface area contributed by atoms with Crippen LogP contribution in [-0.4, -0.2) is 35.6 Å². The molecular formula is C12H14ClN3O4. The van der Waals surface area contributed by atoms with Gasteiger partial charge in [0.15, 0.2) is 0 Å². The average molecular weight is 300 g/mol. The van der Waals surface area contributed by atoms with Gasteiger partial charge in [0, 0.05) is 19.2 Å². The van der Waals surface area contributed by atoms with E-state index in [-0.39, 0.29) is 16.4 Å². The second-order valence-electron chi connectivity index (χ2n) is 4.56. The highest BCUT2D eigenvalue weighted by Crippen LogP contribution is 2.28. The van der Waals surface area contributed by atoms with Crippen molar-refractivity contribution in [2.45, 2.75) is 12.8 Å². The third-order valence-electron chi connectivity index (χ3n) is 2.86. The number of hydrogen-bond donors (Lipinski definition) is 1. The van der Waals surface area contributed by atoms with Crippen LogP contribution < -0.4 is 5.32 Å². The number of pyridine rings is 1. The van der Waals surface area contributed by atoms with Gasteiger partial charge in [0.25, 0.3) is 11.6 Å². The zero-order chi connectivity index (χ0) is 14.5. The molecule has 0 unspecified atom stereocenters. The van der Waals surface area contributed by atoms with Crippen LogP contribution in [-0.2, 0) is 4.74 Å². The molecule has 1 aromatic heterocycles. The Morgan fingerprint density at radius 1 is 1.60 bits per heavy atom. The first kappa shape index (κ1) is 14.7. The van der Waals surface area contributed by atoms with Crippen LogP contribution in [0, 0.1) is 16.0 Å². The van der Waals surface area contributed by atoms with Gasteiger partial charge < -0.3 is 10.1 Å². The average Bonchev–Trinajstić information content (AvgIpc) is 3.22. The minimum absolute atomic E-state index is 0.0111. The van der Waals surface area contributed by atoms with Crippen LogP contribution in [0.1, 0.15) is 23.2 Å². The molecule has 0 spiro atoms. The standard InChI is InChI=1S/C12H14ClN3O4/c13-11-10(5-9(6-15-11)16(18)19)12(17)14-3-4-20-7-8-1-2-8/h5-6,8H,1-4,7H2,(H,14,17). The van der Waals surface area contributed by atoms with Gasteiger partial charge >= 0.3 is 0 Å². The van der Waals surface area contributed by atoms with E-state index in [4.69, 9.17) is 16.3 Å². The summed E-state index contributed by atoms with van der Waals surface area (Å²) in [6.07, 6.45) is 3.43. The molecule has 1 amide bonds. The molecule has 0 aromatic carbocycles. The van der Waals surface area contributed by atoms with E-state index in [0.29, 0.717) is 19.1 Å². The van der Waals surface area contributed by atoms with Gasteiger partial charge in [-0.1, -0.05) is 11.6 Å². The number of nitrogens with zero attached hydrogens (tertiary/aromatic N) is 2. The summed E-state index contributed by atoms with van der Waals surface area (Å²) < 4.78 is 5.36. The summed E-state index contributed by atoms with van der Waals surface area (Å²) in [5.74, 6) is 0.169. The van der Waals surface area contributed by atoms with E-state index in [9.17, 15) is 14.9 Å². The number of rotatable bonds is 7. The number of carbonyl (C=O) groups is 1. The highest BCUT2D eigenvalue weighted by Gasteiger charge is 2.21. The van der Waals surface area contributed by atoms with Crippen molar-refractivity contribution in [2.24, 2.45) is 5.92 Å². The van der Waals surface area contributed by atoms with Gasteiger partial charge in [-0.2, -0.15) is 0 Å². The lowest BCUT2D eigenvalue weighted by molar-refractivity contribution is -0.385. The Balaban J connectivity index is 1.83. The Morgan fingerprint density at radius 3 is 3.00 bits per heavy atom. The molecule has 1 heterocycles. The predicted molar refractivity (Wildman–Crippen MR) is 71.8 cm³/mol. The first-order valence-electron chi connectivity index (χ1n) is 6.24. The predicted octanol–water partition coefficient (Wildman–Crippen LogP) is 1.80. The van der Waals surface area contributed by atoms with Crippen molar-refractivity contribution in [1.82, 2.24) is 10.3 Å². The van der Waals surface area contributed by atoms with Gasteiger partial charge in [-0.15, -0.1) is 0 Å². The zero-order valence-electron chi connectivity index (χ0n) is 10.7. The summed E-state index contributed by atoms with van der Waals surface area (Å²) in [6, 6.07) is 1.11. The van der Waals surface area contributed by atoms with Gasteiger partial charge in [-0.3, -0.25) is 14.9 Å². The second-order valence-corrected chi connectivity index (χ2v) is 4.92. The lowest BCUT2D eigenvalue weighted by Crippen LogP contribution is -2.28. The van der Waals surface area contributed by atoms with E-state index in [2.05, 4.69) is 10.3 Å². The Labute approximate surface area is 120 Å². The van der Waals surface area contributed by atoms with E-state index in [1.807, 2.05) is 0 Å². The molecule has 1 aromatic rings. The second kappa shape index (κ2) is 6.62. The van der Waals surface area contributed by atoms with Crippen LogP contribution in [0.15, 0.2) is 12.3 Å². The van der Waals surface area contributed by atoms with Crippen molar-refractivity contribution >= 4 is 23.2 Å². The molecule has 108 valence electrons. The van der Waals surface area contributed by atoms with Crippen LogP contribution in [0.25, 0.3) is 0 Å². The highest BCUT2D eigenvalue weighted by atomic mass is 35.5. The maximum absolute atomic E-state index is 11.8. The van der Waals surface area contributed by atoms with E-state index >= 15 is 0 Å². The maximum atomic E-state index is 11.8. The molecule has 0 bridgehead atoms. The zero-order valence-corrected chi connectivity index (χ0v) is 11.4. The van der Waals surface area contributed by atoms with Crippen molar-refractivity contribution in [3.05, 3.63) is 33.1 Å². The molecule has 1 fully saturated rings. The molecule has 1 saturated carbocycles. The molecule has 0 saturated heterocycles. The normalized spacial score (nSPS) is 14.1. The number of ether oxygens (including phenoxy) is 1. The molecule has 0 atom stereocenters. The van der Waals surface area contributed by atoms with E-state index in [0.717, 1.165) is 18.9 Å². The van der Waals surface area contributed by atoms with Gasteiger partial charge in [0.1, 0.15) is 11.3 Å². The number of aromatic nitrogens is 1. The minimum atomic E-state index is -0.626. The molecule has 7 nitrogen and oxygen atoms in total. The molecule has 1 aliphatic carbocycles. The third-order valence-corrected chi connectivity index (χ3v) is 3.16. The molecule has 20 heavy (non-hydrogen) atoms. The van der Waals surface area contributed by atoms with E-state index in [1.165, 1.54) is 12.8 Å². The van der Waals surface area contributed by atoms with Gasteiger partial charge in [-0.25, -0.2) is 4.98 Å².